The molecule has 1 aromatic carbocycles. The van der Waals surface area contributed by atoms with Gasteiger partial charge >= 0.3 is 11.7 Å². The van der Waals surface area contributed by atoms with E-state index in [-0.39, 0.29) is 42.6 Å². The number of nitro benzene ring substituents is 1. The summed E-state index contributed by atoms with van der Waals surface area (Å²) >= 11 is 0. The van der Waals surface area contributed by atoms with Crippen molar-refractivity contribution < 1.29 is 29.2 Å². The molecule has 0 radical (unpaired) electrons. The minimum Gasteiger partial charge on any atom is -0.487 e. The zero-order valence-electron chi connectivity index (χ0n) is 15.8. The molecule has 10 nitrogen and oxygen atoms in total. The Hall–Kier alpha value is -3.17. The van der Waals surface area contributed by atoms with Gasteiger partial charge < -0.3 is 19.6 Å². The summed E-state index contributed by atoms with van der Waals surface area (Å²) in [6.07, 6.45) is 1.11. The standard InChI is InChI=1S/C18H23N3O7/c1-3-28-15-7-6-12(9-14(15)21(26)27)17(23)19(2)11-16(22)20-8-4-5-13(10-20)18(24)25/h6-7,9,13H,3-5,8,10-11H2,1-2H3,(H,24,25). The van der Waals surface area contributed by atoms with Gasteiger partial charge in [0.2, 0.25) is 5.91 Å². The van der Waals surface area contributed by atoms with Gasteiger partial charge in [0.25, 0.3) is 5.91 Å². The normalized spacial score (nSPS) is 16.4. The Morgan fingerprint density at radius 2 is 2.11 bits per heavy atom. The van der Waals surface area contributed by atoms with Crippen LogP contribution in [0.4, 0.5) is 5.69 Å². The van der Waals surface area contributed by atoms with Crippen molar-refractivity contribution >= 4 is 23.5 Å². The molecule has 0 aromatic heterocycles. The molecule has 0 saturated carbocycles. The molecular formula is C18H23N3O7. The lowest BCUT2D eigenvalue weighted by atomic mass is 9.98. The Balaban J connectivity index is 2.07. The van der Waals surface area contributed by atoms with E-state index in [1.165, 1.54) is 24.1 Å². The first-order valence-electron chi connectivity index (χ1n) is 8.91. The fourth-order valence-electron chi connectivity index (χ4n) is 3.07. The highest BCUT2D eigenvalue weighted by atomic mass is 16.6. The molecule has 1 aliphatic rings. The molecule has 152 valence electrons. The lowest BCUT2D eigenvalue weighted by Crippen LogP contribution is -2.46. The first-order chi connectivity index (χ1) is 13.2. The maximum absolute atomic E-state index is 12.6. The second-order valence-electron chi connectivity index (χ2n) is 6.55. The van der Waals surface area contributed by atoms with Gasteiger partial charge in [0.1, 0.15) is 0 Å². The fourth-order valence-corrected chi connectivity index (χ4v) is 3.07. The van der Waals surface area contributed by atoms with E-state index in [0.29, 0.717) is 19.4 Å². The van der Waals surface area contributed by atoms with E-state index in [2.05, 4.69) is 0 Å². The van der Waals surface area contributed by atoms with Gasteiger partial charge in [-0.2, -0.15) is 0 Å². The summed E-state index contributed by atoms with van der Waals surface area (Å²) < 4.78 is 5.19. The van der Waals surface area contributed by atoms with Crippen molar-refractivity contribution in [1.82, 2.24) is 9.80 Å². The number of benzene rings is 1. The number of piperidine rings is 1. The molecule has 1 saturated heterocycles. The largest absolute Gasteiger partial charge is 0.487 e. The van der Waals surface area contributed by atoms with Crippen LogP contribution in [-0.2, 0) is 9.59 Å². The molecule has 28 heavy (non-hydrogen) atoms. The summed E-state index contributed by atoms with van der Waals surface area (Å²) in [5.41, 5.74) is -0.264. The lowest BCUT2D eigenvalue weighted by Gasteiger charge is -2.32. The number of carbonyl (C=O) groups excluding carboxylic acids is 2. The molecule has 2 rings (SSSR count). The van der Waals surface area contributed by atoms with Gasteiger partial charge in [0.05, 0.1) is 24.0 Å². The van der Waals surface area contributed by atoms with Gasteiger partial charge in [-0.3, -0.25) is 24.5 Å². The molecule has 2 amide bonds. The number of carbonyl (C=O) groups is 3. The van der Waals surface area contributed by atoms with Crippen molar-refractivity contribution in [1.29, 1.82) is 0 Å². The number of ether oxygens (including phenoxy) is 1. The molecule has 1 unspecified atom stereocenters. The first-order valence-corrected chi connectivity index (χ1v) is 8.91. The highest BCUT2D eigenvalue weighted by molar-refractivity contribution is 5.97. The van der Waals surface area contributed by atoms with Gasteiger partial charge in [-0.15, -0.1) is 0 Å². The zero-order chi connectivity index (χ0) is 20.8. The summed E-state index contributed by atoms with van der Waals surface area (Å²) in [4.78, 5) is 49.3. The third-order valence-electron chi connectivity index (χ3n) is 4.54. The zero-order valence-corrected chi connectivity index (χ0v) is 15.8. The smallest absolute Gasteiger partial charge is 0.311 e. The van der Waals surface area contributed by atoms with Crippen LogP contribution >= 0.6 is 0 Å². The van der Waals surface area contributed by atoms with Gasteiger partial charge in [-0.1, -0.05) is 0 Å². The molecular weight excluding hydrogens is 370 g/mol. The van der Waals surface area contributed by atoms with Crippen molar-refractivity contribution in [2.75, 3.05) is 33.3 Å². The van der Waals surface area contributed by atoms with Gasteiger partial charge in [-0.05, 0) is 31.9 Å². The third kappa shape index (κ3) is 4.96. The average molecular weight is 393 g/mol. The third-order valence-corrected chi connectivity index (χ3v) is 4.54. The summed E-state index contributed by atoms with van der Waals surface area (Å²) in [5, 5.41) is 20.3. The monoisotopic (exact) mass is 393 g/mol. The molecule has 1 atom stereocenters. The summed E-state index contributed by atoms with van der Waals surface area (Å²) in [7, 11) is 1.42. The number of nitro groups is 1. The average Bonchev–Trinajstić information content (AvgIpc) is 2.67. The molecule has 1 heterocycles. The maximum Gasteiger partial charge on any atom is 0.311 e. The van der Waals surface area contributed by atoms with Crippen LogP contribution in [0, 0.1) is 16.0 Å². The Kier molecular flexibility index (Phi) is 6.91. The van der Waals surface area contributed by atoms with Crippen molar-refractivity contribution in [3.8, 4) is 5.75 Å². The van der Waals surface area contributed by atoms with Crippen LogP contribution in [0.15, 0.2) is 18.2 Å². The lowest BCUT2D eigenvalue weighted by molar-refractivity contribution is -0.385. The van der Waals surface area contributed by atoms with E-state index >= 15 is 0 Å². The van der Waals surface area contributed by atoms with Crippen molar-refractivity contribution in [3.05, 3.63) is 33.9 Å². The van der Waals surface area contributed by atoms with Crippen molar-refractivity contribution in [3.63, 3.8) is 0 Å². The number of hydrogen-bond donors (Lipinski definition) is 1. The minimum absolute atomic E-state index is 0.0625. The van der Waals surface area contributed by atoms with Crippen LogP contribution in [0.3, 0.4) is 0 Å². The van der Waals surface area contributed by atoms with Crippen LogP contribution < -0.4 is 4.74 Å². The molecule has 1 N–H and O–H groups in total. The number of hydrogen-bond acceptors (Lipinski definition) is 6. The number of carboxylic acids is 1. The Bertz CT molecular complexity index is 780. The van der Waals surface area contributed by atoms with Crippen LogP contribution in [0.25, 0.3) is 0 Å². The van der Waals surface area contributed by atoms with Gasteiger partial charge in [0.15, 0.2) is 5.75 Å². The van der Waals surface area contributed by atoms with E-state index in [9.17, 15) is 24.5 Å². The van der Waals surface area contributed by atoms with E-state index < -0.39 is 22.7 Å². The quantitative estimate of drug-likeness (QED) is 0.547. The molecule has 0 bridgehead atoms. The van der Waals surface area contributed by atoms with Crippen molar-refractivity contribution in [2.24, 2.45) is 5.92 Å². The van der Waals surface area contributed by atoms with Crippen molar-refractivity contribution in [2.45, 2.75) is 19.8 Å². The predicted octanol–water partition coefficient (Wildman–Crippen LogP) is 1.39. The number of nitrogens with zero attached hydrogens (tertiary/aromatic N) is 3. The number of carboxylic acid groups (broad SMARTS) is 1. The van der Waals surface area contributed by atoms with E-state index in [0.717, 1.165) is 11.0 Å². The van der Waals surface area contributed by atoms with E-state index in [1.807, 2.05) is 0 Å². The van der Waals surface area contributed by atoms with Crippen LogP contribution in [0.2, 0.25) is 0 Å². The summed E-state index contributed by atoms with van der Waals surface area (Å²) in [6, 6.07) is 3.88. The molecule has 1 aromatic rings. The number of aliphatic carboxylic acids is 1. The topological polar surface area (TPSA) is 130 Å². The van der Waals surface area contributed by atoms with Crippen LogP contribution in [0.1, 0.15) is 30.1 Å². The van der Waals surface area contributed by atoms with E-state index in [4.69, 9.17) is 9.84 Å². The Morgan fingerprint density at radius 3 is 2.71 bits per heavy atom. The molecule has 0 spiro atoms. The number of likely N-dealkylation sites (N-methyl/N-ethyl adjacent to an activating group) is 1. The van der Waals surface area contributed by atoms with E-state index in [1.54, 1.807) is 6.92 Å². The van der Waals surface area contributed by atoms with Gasteiger partial charge in [0, 0.05) is 31.8 Å². The molecule has 10 heteroatoms. The fraction of sp³-hybridized carbons (Fsp3) is 0.500. The number of rotatable bonds is 7. The molecule has 0 aliphatic carbocycles. The summed E-state index contributed by atoms with van der Waals surface area (Å²) in [5.74, 6) is -2.39. The molecule has 1 aliphatic heterocycles. The first kappa shape index (κ1) is 21.1. The number of amides is 2. The predicted molar refractivity (Wildman–Crippen MR) is 98.2 cm³/mol. The Labute approximate surface area is 161 Å². The highest BCUT2D eigenvalue weighted by Gasteiger charge is 2.29. The molecule has 1 fully saturated rings. The maximum atomic E-state index is 12.6. The van der Waals surface area contributed by atoms with Gasteiger partial charge in [-0.25, -0.2) is 0 Å². The number of likely N-dealkylation sites (tertiary alicyclic amines) is 1. The minimum atomic E-state index is -0.941. The summed E-state index contributed by atoms with van der Waals surface area (Å²) in [6.45, 7) is 2.25. The Morgan fingerprint density at radius 1 is 1.39 bits per heavy atom. The van der Waals surface area contributed by atoms with Crippen LogP contribution in [0.5, 0.6) is 5.75 Å². The highest BCUT2D eigenvalue weighted by Crippen LogP contribution is 2.28. The SMILES string of the molecule is CCOc1ccc(C(=O)N(C)CC(=O)N2CCCC(C(=O)O)C2)cc1[N+](=O)[O-]. The second-order valence-corrected chi connectivity index (χ2v) is 6.55. The van der Waals surface area contributed by atoms with Crippen LogP contribution in [-0.4, -0.2) is 70.9 Å². The second kappa shape index (κ2) is 9.16.